The van der Waals surface area contributed by atoms with Gasteiger partial charge >= 0.3 is 0 Å². The number of furan rings is 1. The van der Waals surface area contributed by atoms with E-state index in [-0.39, 0.29) is 6.04 Å². The monoisotopic (exact) mass is 592 g/mol. The zero-order valence-electron chi connectivity index (χ0n) is 25.5. The second-order valence-corrected chi connectivity index (χ2v) is 12.2. The maximum Gasteiger partial charge on any atom is 0.136 e. The van der Waals surface area contributed by atoms with Crippen molar-refractivity contribution in [2.24, 2.45) is 5.92 Å². The van der Waals surface area contributed by atoms with Gasteiger partial charge in [0.05, 0.1) is 17.1 Å². The Morgan fingerprint density at radius 3 is 2.02 bits per heavy atom. The smallest absolute Gasteiger partial charge is 0.136 e. The topological polar surface area (TPSA) is 21.3 Å². The van der Waals surface area contributed by atoms with E-state index in [1.54, 1.807) is 0 Å². The first-order valence-electron chi connectivity index (χ1n) is 16.0. The standard InChI is InChI=1S/C43H32N2O/c1-29-26-31(30-12-4-2-5-13-30)20-25-39(29)44(32-14-6-3-7-15-32)33-21-23-34(24-22-33)45-40-18-10-8-16-35(40)37-28-43-38(27-41(37)45)36-17-9-11-19-42(36)46-43/h2-29,39H,1H3. The van der Waals surface area contributed by atoms with E-state index in [0.717, 1.165) is 33.3 Å². The molecule has 0 aliphatic heterocycles. The molecule has 0 bridgehead atoms. The molecule has 220 valence electrons. The minimum atomic E-state index is 0.177. The molecule has 0 saturated heterocycles. The van der Waals surface area contributed by atoms with E-state index in [4.69, 9.17) is 4.42 Å². The summed E-state index contributed by atoms with van der Waals surface area (Å²) in [4.78, 5) is 2.47. The average Bonchev–Trinajstić information content (AvgIpc) is 3.64. The normalized spacial score (nSPS) is 16.4. The van der Waals surface area contributed by atoms with Gasteiger partial charge in [0, 0.05) is 38.6 Å². The van der Waals surface area contributed by atoms with Crippen LogP contribution in [0, 0.1) is 5.92 Å². The highest BCUT2D eigenvalue weighted by Crippen LogP contribution is 2.40. The maximum atomic E-state index is 6.28. The van der Waals surface area contributed by atoms with E-state index in [1.807, 2.05) is 12.1 Å². The minimum Gasteiger partial charge on any atom is -0.456 e. The van der Waals surface area contributed by atoms with Crippen molar-refractivity contribution >= 4 is 60.7 Å². The molecule has 0 N–H and O–H groups in total. The number of fused-ring (bicyclic) bond motifs is 6. The third-order valence-corrected chi connectivity index (χ3v) is 9.45. The molecule has 0 fully saturated rings. The van der Waals surface area contributed by atoms with Crippen LogP contribution in [0.2, 0.25) is 0 Å². The number of benzene rings is 6. The van der Waals surface area contributed by atoms with Crippen LogP contribution in [0.4, 0.5) is 11.4 Å². The van der Waals surface area contributed by atoms with Gasteiger partial charge in [0.1, 0.15) is 11.2 Å². The van der Waals surface area contributed by atoms with Gasteiger partial charge < -0.3 is 13.9 Å². The van der Waals surface area contributed by atoms with Crippen LogP contribution >= 0.6 is 0 Å². The fourth-order valence-corrected chi connectivity index (χ4v) is 7.27. The lowest BCUT2D eigenvalue weighted by molar-refractivity contribution is 0.611. The molecule has 2 unspecified atom stereocenters. The van der Waals surface area contributed by atoms with Gasteiger partial charge in [-0.15, -0.1) is 0 Å². The lowest BCUT2D eigenvalue weighted by Gasteiger charge is -2.37. The zero-order valence-corrected chi connectivity index (χ0v) is 25.5. The van der Waals surface area contributed by atoms with Gasteiger partial charge in [-0.1, -0.05) is 110 Å². The highest BCUT2D eigenvalue weighted by atomic mass is 16.3. The zero-order chi connectivity index (χ0) is 30.6. The van der Waals surface area contributed by atoms with Crippen molar-refractivity contribution in [1.82, 2.24) is 4.57 Å². The quantitative estimate of drug-likeness (QED) is 0.198. The number of para-hydroxylation sites is 3. The molecule has 0 amide bonds. The number of hydrogen-bond donors (Lipinski definition) is 0. The average molecular weight is 593 g/mol. The second-order valence-electron chi connectivity index (χ2n) is 12.2. The molecule has 6 aromatic carbocycles. The summed E-state index contributed by atoms with van der Waals surface area (Å²) in [5.74, 6) is 0.310. The van der Waals surface area contributed by atoms with Crippen LogP contribution in [0.25, 0.3) is 55.0 Å². The van der Waals surface area contributed by atoms with Crippen LogP contribution in [0.5, 0.6) is 0 Å². The third kappa shape index (κ3) is 4.28. The van der Waals surface area contributed by atoms with Crippen LogP contribution in [0.3, 0.4) is 0 Å². The lowest BCUT2D eigenvalue weighted by atomic mass is 9.88. The Kier molecular flexibility index (Phi) is 6.17. The first kappa shape index (κ1) is 26.6. The summed E-state index contributed by atoms with van der Waals surface area (Å²) in [5, 5.41) is 4.69. The molecule has 0 saturated carbocycles. The second kappa shape index (κ2) is 10.7. The Balaban J connectivity index is 1.16. The molecule has 2 heterocycles. The number of nitrogens with zero attached hydrogens (tertiary/aromatic N) is 2. The Hall–Kier alpha value is -5.80. The Morgan fingerprint density at radius 2 is 1.24 bits per heavy atom. The van der Waals surface area contributed by atoms with E-state index < -0.39 is 0 Å². The van der Waals surface area contributed by atoms with Gasteiger partial charge in [-0.25, -0.2) is 0 Å². The molecule has 3 nitrogen and oxygen atoms in total. The summed E-state index contributed by atoms with van der Waals surface area (Å²) >= 11 is 0. The van der Waals surface area contributed by atoms with Gasteiger partial charge in [0.15, 0.2) is 0 Å². The van der Waals surface area contributed by atoms with Crippen molar-refractivity contribution in [2.45, 2.75) is 13.0 Å². The number of hydrogen-bond acceptors (Lipinski definition) is 2. The molecule has 1 aliphatic rings. The molecule has 3 heteroatoms. The van der Waals surface area contributed by atoms with Crippen LogP contribution in [0.1, 0.15) is 12.5 Å². The molecule has 46 heavy (non-hydrogen) atoms. The summed E-state index contributed by atoms with van der Waals surface area (Å²) in [6.45, 7) is 2.32. The summed E-state index contributed by atoms with van der Waals surface area (Å²) < 4.78 is 8.67. The number of allylic oxidation sites excluding steroid dienone is 2. The van der Waals surface area contributed by atoms with Crippen molar-refractivity contribution in [3.05, 3.63) is 169 Å². The number of aromatic nitrogens is 1. The summed E-state index contributed by atoms with van der Waals surface area (Å²) in [6.07, 6.45) is 7.05. The number of rotatable bonds is 5. The predicted octanol–water partition coefficient (Wildman–Crippen LogP) is 11.5. The fraction of sp³-hybridized carbons (Fsp3) is 0.0698. The molecular formula is C43H32N2O. The molecule has 0 spiro atoms. The van der Waals surface area contributed by atoms with E-state index in [1.165, 1.54) is 38.6 Å². The minimum absolute atomic E-state index is 0.177. The van der Waals surface area contributed by atoms with E-state index in [0.29, 0.717) is 5.92 Å². The predicted molar refractivity (Wildman–Crippen MR) is 193 cm³/mol. The SMILES string of the molecule is CC1C=C(c2ccccc2)C=CC1N(c1ccccc1)c1ccc(-n2c3ccccc3c3cc4oc5ccccc5c4cc32)cc1. The molecular weight excluding hydrogens is 560 g/mol. The molecule has 1 aliphatic carbocycles. The molecule has 0 radical (unpaired) electrons. The first-order chi connectivity index (χ1) is 22.7. The molecule has 2 atom stereocenters. The Morgan fingerprint density at radius 1 is 0.565 bits per heavy atom. The molecule has 2 aromatic heterocycles. The largest absolute Gasteiger partial charge is 0.456 e. The van der Waals surface area contributed by atoms with Crippen molar-refractivity contribution < 1.29 is 4.42 Å². The van der Waals surface area contributed by atoms with E-state index >= 15 is 0 Å². The first-order valence-corrected chi connectivity index (χ1v) is 16.0. The Bertz CT molecular complexity index is 2430. The summed E-state index contributed by atoms with van der Waals surface area (Å²) in [7, 11) is 0. The van der Waals surface area contributed by atoms with Crippen LogP contribution in [0.15, 0.2) is 168 Å². The summed E-state index contributed by atoms with van der Waals surface area (Å²) in [6, 6.07) is 52.1. The van der Waals surface area contributed by atoms with Crippen LogP contribution in [-0.2, 0) is 0 Å². The van der Waals surface area contributed by atoms with E-state index in [9.17, 15) is 0 Å². The highest BCUT2D eigenvalue weighted by Gasteiger charge is 2.26. The van der Waals surface area contributed by atoms with Gasteiger partial charge in [-0.3, -0.25) is 0 Å². The van der Waals surface area contributed by atoms with Gasteiger partial charge in [0.2, 0.25) is 0 Å². The van der Waals surface area contributed by atoms with Crippen molar-refractivity contribution in [1.29, 1.82) is 0 Å². The molecule has 8 aromatic rings. The summed E-state index contributed by atoms with van der Waals surface area (Å²) in [5.41, 5.74) is 10.2. The lowest BCUT2D eigenvalue weighted by Crippen LogP contribution is -2.35. The maximum absolute atomic E-state index is 6.28. The number of anilines is 2. The van der Waals surface area contributed by atoms with Gasteiger partial charge in [0.25, 0.3) is 0 Å². The van der Waals surface area contributed by atoms with Gasteiger partial charge in [-0.05, 0) is 77.7 Å². The van der Waals surface area contributed by atoms with Crippen molar-refractivity contribution in [3.63, 3.8) is 0 Å². The van der Waals surface area contributed by atoms with Crippen molar-refractivity contribution in [2.75, 3.05) is 4.90 Å². The van der Waals surface area contributed by atoms with Crippen LogP contribution in [-0.4, -0.2) is 10.6 Å². The third-order valence-electron chi connectivity index (χ3n) is 9.45. The van der Waals surface area contributed by atoms with Crippen molar-refractivity contribution in [3.8, 4) is 5.69 Å². The van der Waals surface area contributed by atoms with Crippen LogP contribution < -0.4 is 4.90 Å². The highest BCUT2D eigenvalue weighted by molar-refractivity contribution is 6.17. The van der Waals surface area contributed by atoms with Gasteiger partial charge in [-0.2, -0.15) is 0 Å². The van der Waals surface area contributed by atoms with E-state index in [2.05, 4.69) is 168 Å². The fourth-order valence-electron chi connectivity index (χ4n) is 7.27. The Labute approximate surface area is 267 Å². The molecule has 9 rings (SSSR count).